The first-order valence-corrected chi connectivity index (χ1v) is 10.2. The fourth-order valence-electron chi connectivity index (χ4n) is 3.29. The summed E-state index contributed by atoms with van der Waals surface area (Å²) in [5, 5.41) is 2.85. The zero-order valence-corrected chi connectivity index (χ0v) is 18.1. The van der Waals surface area contributed by atoms with Crippen molar-refractivity contribution in [2.75, 3.05) is 36.4 Å². The van der Waals surface area contributed by atoms with Crippen molar-refractivity contribution >= 4 is 23.5 Å². The fourth-order valence-corrected chi connectivity index (χ4v) is 3.29. The highest BCUT2D eigenvalue weighted by Crippen LogP contribution is 2.19. The number of aromatic nitrogens is 1. The van der Waals surface area contributed by atoms with E-state index in [1.807, 2.05) is 64.1 Å². The average molecular weight is 411 g/mol. The highest BCUT2D eigenvalue weighted by atomic mass is 16.6. The lowest BCUT2D eigenvalue weighted by atomic mass is 10.1. The van der Waals surface area contributed by atoms with Crippen LogP contribution in [0.25, 0.3) is 0 Å². The number of aryl methyl sites for hydroxylation is 1. The maximum absolute atomic E-state index is 12.3. The maximum atomic E-state index is 12.3. The Balaban J connectivity index is 1.51. The van der Waals surface area contributed by atoms with Crippen molar-refractivity contribution in [1.29, 1.82) is 0 Å². The number of hydrogen-bond donors (Lipinski definition) is 1. The number of nitrogens with zero attached hydrogens (tertiary/aromatic N) is 3. The number of rotatable bonds is 4. The van der Waals surface area contributed by atoms with E-state index in [1.54, 1.807) is 11.1 Å². The Kier molecular flexibility index (Phi) is 6.59. The van der Waals surface area contributed by atoms with E-state index in [0.29, 0.717) is 38.4 Å². The van der Waals surface area contributed by atoms with Gasteiger partial charge in [-0.05, 0) is 51.0 Å². The second kappa shape index (κ2) is 9.15. The van der Waals surface area contributed by atoms with Gasteiger partial charge in [0.1, 0.15) is 11.4 Å². The first-order valence-electron chi connectivity index (χ1n) is 10.2. The Hall–Kier alpha value is -3.09. The lowest BCUT2D eigenvalue weighted by molar-refractivity contribution is -0.115. The summed E-state index contributed by atoms with van der Waals surface area (Å²) in [6.07, 6.45) is 1.81. The molecule has 0 radical (unpaired) electrons. The summed E-state index contributed by atoms with van der Waals surface area (Å²) >= 11 is 0. The van der Waals surface area contributed by atoms with Crippen LogP contribution in [0.2, 0.25) is 0 Å². The summed E-state index contributed by atoms with van der Waals surface area (Å²) in [5.41, 5.74) is 2.59. The SMILES string of the molecule is Cc1ccccc1CC(=O)Nc1ccc(N2CCN(C(=O)OC(C)(C)C)CC2)cn1. The Bertz CT molecular complexity index is 882. The summed E-state index contributed by atoms with van der Waals surface area (Å²) in [5.74, 6) is 0.445. The molecule has 0 atom stereocenters. The highest BCUT2D eigenvalue weighted by Gasteiger charge is 2.26. The van der Waals surface area contributed by atoms with Gasteiger partial charge in [0.25, 0.3) is 0 Å². The molecular formula is C23H30N4O3. The summed E-state index contributed by atoms with van der Waals surface area (Å²) in [6, 6.07) is 11.6. The van der Waals surface area contributed by atoms with E-state index in [2.05, 4.69) is 15.2 Å². The quantitative estimate of drug-likeness (QED) is 0.833. The molecule has 2 amide bonds. The molecule has 1 aromatic carbocycles. The fraction of sp³-hybridized carbons (Fsp3) is 0.435. The van der Waals surface area contributed by atoms with Crippen LogP contribution in [-0.4, -0.2) is 53.7 Å². The largest absolute Gasteiger partial charge is 0.444 e. The molecule has 0 saturated carbocycles. The van der Waals surface area contributed by atoms with E-state index < -0.39 is 5.60 Å². The predicted octanol–water partition coefficient (Wildman–Crippen LogP) is 3.63. The van der Waals surface area contributed by atoms with Crippen LogP contribution in [-0.2, 0) is 16.0 Å². The maximum Gasteiger partial charge on any atom is 0.410 e. The molecule has 30 heavy (non-hydrogen) atoms. The number of pyridine rings is 1. The van der Waals surface area contributed by atoms with Crippen LogP contribution in [0.15, 0.2) is 42.6 Å². The number of ether oxygens (including phenoxy) is 1. The number of piperazine rings is 1. The third-order valence-corrected chi connectivity index (χ3v) is 4.92. The van der Waals surface area contributed by atoms with E-state index in [-0.39, 0.29) is 12.0 Å². The molecule has 0 bridgehead atoms. The number of anilines is 2. The van der Waals surface area contributed by atoms with E-state index >= 15 is 0 Å². The van der Waals surface area contributed by atoms with Crippen LogP contribution in [0, 0.1) is 6.92 Å². The normalized spacial score (nSPS) is 14.4. The Morgan fingerprint density at radius 3 is 2.37 bits per heavy atom. The molecule has 3 rings (SSSR count). The minimum absolute atomic E-state index is 0.0875. The first kappa shape index (κ1) is 21.6. The third kappa shape index (κ3) is 5.95. The van der Waals surface area contributed by atoms with Crippen LogP contribution < -0.4 is 10.2 Å². The standard InChI is InChI=1S/C23H30N4O3/c1-17-7-5-6-8-18(17)15-21(28)25-20-10-9-19(16-24-20)26-11-13-27(14-12-26)22(29)30-23(2,3)4/h5-10,16H,11-15H2,1-4H3,(H,24,25,28). The molecule has 1 fully saturated rings. The van der Waals surface area contributed by atoms with Gasteiger partial charge in [-0.3, -0.25) is 4.79 Å². The summed E-state index contributed by atoms with van der Waals surface area (Å²) < 4.78 is 5.44. The summed E-state index contributed by atoms with van der Waals surface area (Å²) in [4.78, 5) is 32.8. The number of carbonyl (C=O) groups excluding carboxylic acids is 2. The number of amides is 2. The monoisotopic (exact) mass is 410 g/mol. The Morgan fingerprint density at radius 2 is 1.77 bits per heavy atom. The second-order valence-corrected chi connectivity index (χ2v) is 8.51. The number of hydrogen-bond acceptors (Lipinski definition) is 5. The topological polar surface area (TPSA) is 74.8 Å². The molecule has 2 aromatic rings. The molecule has 7 nitrogen and oxygen atoms in total. The lowest BCUT2D eigenvalue weighted by Crippen LogP contribution is -2.50. The molecule has 0 spiro atoms. The van der Waals surface area contributed by atoms with Gasteiger partial charge in [-0.1, -0.05) is 24.3 Å². The van der Waals surface area contributed by atoms with Crippen LogP contribution >= 0.6 is 0 Å². The third-order valence-electron chi connectivity index (χ3n) is 4.92. The van der Waals surface area contributed by atoms with Gasteiger partial charge in [0.05, 0.1) is 18.3 Å². The van der Waals surface area contributed by atoms with Crippen LogP contribution in [0.3, 0.4) is 0 Å². The summed E-state index contributed by atoms with van der Waals surface area (Å²) in [6.45, 7) is 10.2. The molecule has 0 aliphatic carbocycles. The molecule has 2 heterocycles. The van der Waals surface area contributed by atoms with Crippen molar-refractivity contribution in [3.63, 3.8) is 0 Å². The molecule has 1 saturated heterocycles. The number of benzene rings is 1. The smallest absolute Gasteiger partial charge is 0.410 e. The molecule has 160 valence electrons. The van der Waals surface area contributed by atoms with E-state index in [9.17, 15) is 9.59 Å². The summed E-state index contributed by atoms with van der Waals surface area (Å²) in [7, 11) is 0. The molecule has 1 aliphatic rings. The van der Waals surface area contributed by atoms with Crippen molar-refractivity contribution in [2.24, 2.45) is 0 Å². The van der Waals surface area contributed by atoms with Gasteiger partial charge in [0, 0.05) is 26.2 Å². The van der Waals surface area contributed by atoms with Gasteiger partial charge in [0.15, 0.2) is 0 Å². The highest BCUT2D eigenvalue weighted by molar-refractivity contribution is 5.91. The van der Waals surface area contributed by atoms with Crippen molar-refractivity contribution < 1.29 is 14.3 Å². The Labute approximate surface area is 178 Å². The second-order valence-electron chi connectivity index (χ2n) is 8.51. The van der Waals surface area contributed by atoms with Crippen molar-refractivity contribution in [2.45, 2.75) is 39.7 Å². The lowest BCUT2D eigenvalue weighted by Gasteiger charge is -2.36. The molecular weight excluding hydrogens is 380 g/mol. The van der Waals surface area contributed by atoms with Gasteiger partial charge in [-0.2, -0.15) is 0 Å². The first-order chi connectivity index (χ1) is 14.2. The van der Waals surface area contributed by atoms with Gasteiger partial charge in [-0.25, -0.2) is 9.78 Å². The van der Waals surface area contributed by atoms with Crippen LogP contribution in [0.4, 0.5) is 16.3 Å². The van der Waals surface area contributed by atoms with E-state index in [1.165, 1.54) is 0 Å². The van der Waals surface area contributed by atoms with E-state index in [0.717, 1.165) is 16.8 Å². The average Bonchev–Trinajstić information content (AvgIpc) is 2.69. The van der Waals surface area contributed by atoms with Crippen molar-refractivity contribution in [1.82, 2.24) is 9.88 Å². The van der Waals surface area contributed by atoms with Gasteiger partial charge in [-0.15, -0.1) is 0 Å². The van der Waals surface area contributed by atoms with Gasteiger partial charge in [0.2, 0.25) is 5.91 Å². The molecule has 0 unspecified atom stereocenters. The molecule has 1 N–H and O–H groups in total. The van der Waals surface area contributed by atoms with Crippen LogP contribution in [0.5, 0.6) is 0 Å². The van der Waals surface area contributed by atoms with Crippen molar-refractivity contribution in [3.05, 3.63) is 53.7 Å². The predicted molar refractivity (Wildman–Crippen MR) is 118 cm³/mol. The molecule has 1 aromatic heterocycles. The van der Waals surface area contributed by atoms with E-state index in [4.69, 9.17) is 4.74 Å². The van der Waals surface area contributed by atoms with Crippen LogP contribution in [0.1, 0.15) is 31.9 Å². The minimum atomic E-state index is -0.488. The zero-order chi connectivity index (χ0) is 21.7. The minimum Gasteiger partial charge on any atom is -0.444 e. The molecule has 1 aliphatic heterocycles. The van der Waals surface area contributed by atoms with Crippen molar-refractivity contribution in [3.8, 4) is 0 Å². The number of nitrogens with one attached hydrogen (secondary N) is 1. The zero-order valence-electron chi connectivity index (χ0n) is 18.1. The van der Waals surface area contributed by atoms with Gasteiger partial charge < -0.3 is 19.9 Å². The number of carbonyl (C=O) groups is 2. The Morgan fingerprint density at radius 1 is 1.07 bits per heavy atom. The molecule has 7 heteroatoms. The van der Waals surface area contributed by atoms with Gasteiger partial charge >= 0.3 is 6.09 Å².